The molecule has 2 aromatic carbocycles. The number of rotatable bonds is 5. The van der Waals surface area contributed by atoms with Crippen LogP contribution in [0, 0.1) is 0 Å². The van der Waals surface area contributed by atoms with Gasteiger partial charge in [-0.2, -0.15) is 0 Å². The van der Waals surface area contributed by atoms with Gasteiger partial charge in [0.15, 0.2) is 0 Å². The second kappa shape index (κ2) is 7.63. The van der Waals surface area contributed by atoms with E-state index in [1.54, 1.807) is 0 Å². The van der Waals surface area contributed by atoms with E-state index in [2.05, 4.69) is 60.5 Å². The van der Waals surface area contributed by atoms with Crippen molar-refractivity contribution in [1.29, 1.82) is 0 Å². The van der Waals surface area contributed by atoms with Crippen LogP contribution in [0.25, 0.3) is 0 Å². The minimum absolute atomic E-state index is 0.0388. The summed E-state index contributed by atoms with van der Waals surface area (Å²) in [6.07, 6.45) is 1.02. The van der Waals surface area contributed by atoms with E-state index >= 15 is 0 Å². The highest BCUT2D eigenvalue weighted by Crippen LogP contribution is 2.16. The Balaban J connectivity index is 1.52. The second-order valence-corrected chi connectivity index (χ2v) is 6.96. The fourth-order valence-electron chi connectivity index (χ4n) is 3.22. The summed E-state index contributed by atoms with van der Waals surface area (Å²) in [5, 5.41) is 3.18. The molecule has 1 aliphatic heterocycles. The van der Waals surface area contributed by atoms with Crippen molar-refractivity contribution in [2.24, 2.45) is 0 Å². The van der Waals surface area contributed by atoms with E-state index in [9.17, 15) is 4.79 Å². The quantitative estimate of drug-likeness (QED) is 0.908. The molecule has 1 unspecified atom stereocenters. The number of nitrogens with one attached hydrogen (secondary N) is 1. The van der Waals surface area contributed by atoms with E-state index in [1.165, 1.54) is 11.1 Å². The summed E-state index contributed by atoms with van der Waals surface area (Å²) >= 11 is 0. The van der Waals surface area contributed by atoms with Gasteiger partial charge < -0.3 is 5.32 Å². The lowest BCUT2D eigenvalue weighted by Gasteiger charge is -2.17. The lowest BCUT2D eigenvalue weighted by Crippen LogP contribution is -2.37. The zero-order valence-corrected chi connectivity index (χ0v) is 14.5. The van der Waals surface area contributed by atoms with Gasteiger partial charge in [0, 0.05) is 31.2 Å². The van der Waals surface area contributed by atoms with Gasteiger partial charge in [0.05, 0.1) is 0 Å². The first-order chi connectivity index (χ1) is 11.6. The molecule has 1 aliphatic rings. The number of benzene rings is 2. The zero-order chi connectivity index (χ0) is 16.9. The van der Waals surface area contributed by atoms with Crippen molar-refractivity contribution >= 4 is 5.91 Å². The fourth-order valence-corrected chi connectivity index (χ4v) is 3.22. The maximum atomic E-state index is 12.4. The Morgan fingerprint density at radius 2 is 1.83 bits per heavy atom. The van der Waals surface area contributed by atoms with Crippen molar-refractivity contribution in [3.05, 3.63) is 71.3 Å². The van der Waals surface area contributed by atoms with Gasteiger partial charge in [0.2, 0.25) is 0 Å². The van der Waals surface area contributed by atoms with E-state index in [0.717, 1.165) is 31.6 Å². The molecule has 1 heterocycles. The molecule has 0 aliphatic carbocycles. The van der Waals surface area contributed by atoms with Crippen molar-refractivity contribution in [2.75, 3.05) is 13.1 Å². The molecule has 126 valence electrons. The van der Waals surface area contributed by atoms with Gasteiger partial charge in [-0.25, -0.2) is 0 Å². The number of hydrogen-bond acceptors (Lipinski definition) is 2. The Bertz CT molecular complexity index is 664. The normalized spacial score (nSPS) is 18.0. The molecule has 0 saturated carbocycles. The van der Waals surface area contributed by atoms with Crippen LogP contribution < -0.4 is 5.32 Å². The van der Waals surface area contributed by atoms with Crippen LogP contribution >= 0.6 is 0 Å². The highest BCUT2D eigenvalue weighted by atomic mass is 16.1. The van der Waals surface area contributed by atoms with Crippen molar-refractivity contribution in [3.63, 3.8) is 0 Å². The van der Waals surface area contributed by atoms with Crippen LogP contribution in [0.1, 0.15) is 47.7 Å². The molecule has 0 radical (unpaired) electrons. The monoisotopic (exact) mass is 322 g/mol. The molecule has 24 heavy (non-hydrogen) atoms. The molecule has 3 heteroatoms. The topological polar surface area (TPSA) is 32.3 Å². The standard InChI is InChI=1S/C21H26N2O/c1-16(2)18-8-10-19(11-9-18)21(24)22-20-12-13-23(15-20)14-17-6-4-3-5-7-17/h3-11,16,20H,12-15H2,1-2H3,(H,22,24). The maximum Gasteiger partial charge on any atom is 0.251 e. The first-order valence-corrected chi connectivity index (χ1v) is 8.79. The van der Waals surface area contributed by atoms with Crippen LogP contribution in [-0.2, 0) is 6.54 Å². The van der Waals surface area contributed by atoms with Crippen molar-refractivity contribution in [3.8, 4) is 0 Å². The first-order valence-electron chi connectivity index (χ1n) is 8.79. The van der Waals surface area contributed by atoms with Gasteiger partial charge in [-0.3, -0.25) is 9.69 Å². The lowest BCUT2D eigenvalue weighted by atomic mass is 10.0. The Labute approximate surface area is 144 Å². The summed E-state index contributed by atoms with van der Waals surface area (Å²) in [4.78, 5) is 14.8. The summed E-state index contributed by atoms with van der Waals surface area (Å²) in [6.45, 7) is 7.23. The minimum Gasteiger partial charge on any atom is -0.348 e. The minimum atomic E-state index is 0.0388. The van der Waals surface area contributed by atoms with Gasteiger partial charge in [0.1, 0.15) is 0 Å². The van der Waals surface area contributed by atoms with E-state index < -0.39 is 0 Å². The second-order valence-electron chi connectivity index (χ2n) is 6.96. The third-order valence-electron chi connectivity index (χ3n) is 4.70. The van der Waals surface area contributed by atoms with Gasteiger partial charge in [0.25, 0.3) is 5.91 Å². The first kappa shape index (κ1) is 16.7. The molecule has 1 atom stereocenters. The van der Waals surface area contributed by atoms with Crippen molar-refractivity contribution < 1.29 is 4.79 Å². The Kier molecular flexibility index (Phi) is 5.31. The van der Waals surface area contributed by atoms with E-state index in [0.29, 0.717) is 5.92 Å². The average molecular weight is 322 g/mol. The van der Waals surface area contributed by atoms with Crippen LogP contribution in [0.2, 0.25) is 0 Å². The van der Waals surface area contributed by atoms with Crippen LogP contribution in [0.5, 0.6) is 0 Å². The van der Waals surface area contributed by atoms with Gasteiger partial charge in [-0.15, -0.1) is 0 Å². The molecule has 1 saturated heterocycles. The summed E-state index contributed by atoms with van der Waals surface area (Å²) < 4.78 is 0. The lowest BCUT2D eigenvalue weighted by molar-refractivity contribution is 0.0937. The van der Waals surface area contributed by atoms with Crippen molar-refractivity contribution in [2.45, 2.75) is 38.8 Å². The molecule has 3 nitrogen and oxygen atoms in total. The predicted octanol–water partition coefficient (Wildman–Crippen LogP) is 3.81. The molecule has 3 rings (SSSR count). The van der Waals surface area contributed by atoms with Gasteiger partial charge >= 0.3 is 0 Å². The maximum absolute atomic E-state index is 12.4. The molecular weight excluding hydrogens is 296 g/mol. The Hall–Kier alpha value is -2.13. The number of nitrogens with zero attached hydrogens (tertiary/aromatic N) is 1. The van der Waals surface area contributed by atoms with E-state index in [-0.39, 0.29) is 11.9 Å². The fraction of sp³-hybridized carbons (Fsp3) is 0.381. The molecule has 0 bridgehead atoms. The number of likely N-dealkylation sites (tertiary alicyclic amines) is 1. The summed E-state index contributed by atoms with van der Waals surface area (Å²) in [5.41, 5.74) is 3.34. The Morgan fingerprint density at radius 3 is 2.50 bits per heavy atom. The van der Waals surface area contributed by atoms with Gasteiger partial charge in [-0.1, -0.05) is 56.3 Å². The highest BCUT2D eigenvalue weighted by Gasteiger charge is 2.24. The van der Waals surface area contributed by atoms with Crippen LogP contribution in [0.15, 0.2) is 54.6 Å². The Morgan fingerprint density at radius 1 is 1.12 bits per heavy atom. The predicted molar refractivity (Wildman–Crippen MR) is 98.1 cm³/mol. The summed E-state index contributed by atoms with van der Waals surface area (Å²) in [5.74, 6) is 0.528. The van der Waals surface area contributed by atoms with Crippen LogP contribution in [0.3, 0.4) is 0 Å². The molecule has 2 aromatic rings. The number of hydrogen-bond donors (Lipinski definition) is 1. The number of carbonyl (C=O) groups excluding carboxylic acids is 1. The smallest absolute Gasteiger partial charge is 0.251 e. The summed E-state index contributed by atoms with van der Waals surface area (Å²) in [6, 6.07) is 18.7. The van der Waals surface area contributed by atoms with Crippen molar-refractivity contribution in [1.82, 2.24) is 10.2 Å². The number of amides is 1. The van der Waals surface area contributed by atoms with E-state index in [1.807, 2.05) is 18.2 Å². The molecule has 1 fully saturated rings. The summed E-state index contributed by atoms with van der Waals surface area (Å²) in [7, 11) is 0. The highest BCUT2D eigenvalue weighted by molar-refractivity contribution is 5.94. The third kappa shape index (κ3) is 4.24. The molecule has 1 N–H and O–H groups in total. The molecule has 0 aromatic heterocycles. The number of carbonyl (C=O) groups is 1. The van der Waals surface area contributed by atoms with Crippen LogP contribution in [-0.4, -0.2) is 29.9 Å². The zero-order valence-electron chi connectivity index (χ0n) is 14.5. The van der Waals surface area contributed by atoms with Crippen LogP contribution in [0.4, 0.5) is 0 Å². The van der Waals surface area contributed by atoms with Gasteiger partial charge in [-0.05, 0) is 35.6 Å². The SMILES string of the molecule is CC(C)c1ccc(C(=O)NC2CCN(Cc3ccccc3)C2)cc1. The largest absolute Gasteiger partial charge is 0.348 e. The molecule has 1 amide bonds. The van der Waals surface area contributed by atoms with E-state index in [4.69, 9.17) is 0 Å². The average Bonchev–Trinajstić information content (AvgIpc) is 3.02. The third-order valence-corrected chi connectivity index (χ3v) is 4.70. The molecular formula is C21H26N2O. The molecule has 0 spiro atoms.